The number of rotatable bonds is 6. The average Bonchev–Trinajstić information content (AvgIpc) is 2.49. The second-order valence-corrected chi connectivity index (χ2v) is 4.90. The Labute approximate surface area is 120 Å². The summed E-state index contributed by atoms with van der Waals surface area (Å²) in [6.07, 6.45) is 4.42. The van der Waals surface area contributed by atoms with E-state index in [0.29, 0.717) is 5.88 Å². The molecule has 2 N–H and O–H groups in total. The van der Waals surface area contributed by atoms with Crippen molar-refractivity contribution < 1.29 is 4.74 Å². The van der Waals surface area contributed by atoms with Crippen molar-refractivity contribution in [2.24, 2.45) is 5.73 Å². The van der Waals surface area contributed by atoms with Crippen molar-refractivity contribution in [3.63, 3.8) is 0 Å². The molecular formula is C17H22N2O. The summed E-state index contributed by atoms with van der Waals surface area (Å²) in [5.74, 6) is 1.54. The molecule has 1 unspecified atom stereocenters. The minimum atomic E-state index is 0.142. The zero-order valence-electron chi connectivity index (χ0n) is 12.2. The third kappa shape index (κ3) is 3.58. The van der Waals surface area contributed by atoms with Crippen molar-refractivity contribution in [1.82, 2.24) is 4.98 Å². The van der Waals surface area contributed by atoms with Crippen molar-refractivity contribution in [2.75, 3.05) is 0 Å². The van der Waals surface area contributed by atoms with Gasteiger partial charge < -0.3 is 10.5 Å². The zero-order chi connectivity index (χ0) is 14.4. The average molecular weight is 270 g/mol. The first-order chi connectivity index (χ1) is 9.74. The number of aromatic nitrogens is 1. The highest BCUT2D eigenvalue weighted by atomic mass is 16.5. The Balaban J connectivity index is 2.24. The molecule has 0 aliphatic carbocycles. The molecule has 0 bridgehead atoms. The molecule has 2 aromatic rings. The van der Waals surface area contributed by atoms with Crippen molar-refractivity contribution in [2.45, 2.75) is 39.2 Å². The molecule has 0 aliphatic rings. The number of hydrogen-bond donors (Lipinski definition) is 1. The van der Waals surface area contributed by atoms with Gasteiger partial charge in [0.15, 0.2) is 0 Å². The van der Waals surface area contributed by atoms with Gasteiger partial charge in [-0.2, -0.15) is 0 Å². The third-order valence-electron chi connectivity index (χ3n) is 3.42. The minimum Gasteiger partial charge on any atom is -0.438 e. The fourth-order valence-corrected chi connectivity index (χ4v) is 2.10. The van der Waals surface area contributed by atoms with Crippen molar-refractivity contribution in [1.29, 1.82) is 0 Å². The molecule has 0 aliphatic heterocycles. The van der Waals surface area contributed by atoms with E-state index in [1.807, 2.05) is 30.3 Å². The summed E-state index contributed by atoms with van der Waals surface area (Å²) in [7, 11) is 0. The van der Waals surface area contributed by atoms with E-state index in [9.17, 15) is 0 Å². The third-order valence-corrected chi connectivity index (χ3v) is 3.42. The summed E-state index contributed by atoms with van der Waals surface area (Å²) in [5, 5.41) is 0. The number of aryl methyl sites for hydroxylation is 1. The Hall–Kier alpha value is -1.87. The summed E-state index contributed by atoms with van der Waals surface area (Å²) in [5.41, 5.74) is 8.29. The van der Waals surface area contributed by atoms with Crippen LogP contribution in [0.1, 0.15) is 31.4 Å². The summed E-state index contributed by atoms with van der Waals surface area (Å²) in [4.78, 5) is 4.36. The van der Waals surface area contributed by atoms with Crippen LogP contribution in [0, 0.1) is 0 Å². The van der Waals surface area contributed by atoms with Gasteiger partial charge in [-0.3, -0.25) is 0 Å². The van der Waals surface area contributed by atoms with Gasteiger partial charge in [0.1, 0.15) is 5.75 Å². The van der Waals surface area contributed by atoms with E-state index in [2.05, 4.69) is 24.9 Å². The summed E-state index contributed by atoms with van der Waals surface area (Å²) in [6, 6.07) is 12.2. The van der Waals surface area contributed by atoms with Gasteiger partial charge >= 0.3 is 0 Å². The van der Waals surface area contributed by atoms with Crippen LogP contribution in [0.2, 0.25) is 0 Å². The molecule has 0 fully saturated rings. The number of para-hydroxylation sites is 1. The molecule has 0 amide bonds. The van der Waals surface area contributed by atoms with Crippen molar-refractivity contribution in [3.05, 3.63) is 53.7 Å². The maximum absolute atomic E-state index is 6.04. The summed E-state index contributed by atoms with van der Waals surface area (Å²) in [6.45, 7) is 4.21. The molecular weight excluding hydrogens is 248 g/mol. The van der Waals surface area contributed by atoms with Crippen LogP contribution in [0.15, 0.2) is 42.6 Å². The van der Waals surface area contributed by atoms with Crippen LogP contribution in [-0.4, -0.2) is 11.0 Å². The second kappa shape index (κ2) is 7.06. The summed E-state index contributed by atoms with van der Waals surface area (Å²) >= 11 is 0. The Kier molecular flexibility index (Phi) is 5.13. The SMILES string of the molecule is CCc1ccccc1Oc1ncccc1CC(N)CC. The quantitative estimate of drug-likeness (QED) is 0.870. The highest BCUT2D eigenvalue weighted by molar-refractivity contribution is 5.38. The maximum atomic E-state index is 6.04. The van der Waals surface area contributed by atoms with E-state index >= 15 is 0 Å². The Morgan fingerprint density at radius 3 is 2.60 bits per heavy atom. The molecule has 1 heterocycles. The van der Waals surface area contributed by atoms with Gasteiger partial charge in [0.25, 0.3) is 0 Å². The number of benzene rings is 1. The first-order valence-electron chi connectivity index (χ1n) is 7.19. The van der Waals surface area contributed by atoms with Crippen LogP contribution >= 0.6 is 0 Å². The lowest BCUT2D eigenvalue weighted by atomic mass is 10.1. The molecule has 20 heavy (non-hydrogen) atoms. The van der Waals surface area contributed by atoms with Crippen LogP contribution in [-0.2, 0) is 12.8 Å². The monoisotopic (exact) mass is 270 g/mol. The van der Waals surface area contributed by atoms with Gasteiger partial charge in [0.05, 0.1) is 0 Å². The predicted octanol–water partition coefficient (Wildman–Crippen LogP) is 3.72. The van der Waals surface area contributed by atoms with Crippen LogP contribution in [0.3, 0.4) is 0 Å². The number of nitrogens with two attached hydrogens (primary N) is 1. The van der Waals surface area contributed by atoms with Gasteiger partial charge in [0, 0.05) is 17.8 Å². The predicted molar refractivity (Wildman–Crippen MR) is 82.1 cm³/mol. The molecule has 106 valence electrons. The number of pyridine rings is 1. The van der Waals surface area contributed by atoms with Gasteiger partial charge in [0.2, 0.25) is 5.88 Å². The van der Waals surface area contributed by atoms with E-state index in [1.165, 1.54) is 5.56 Å². The highest BCUT2D eigenvalue weighted by Gasteiger charge is 2.11. The van der Waals surface area contributed by atoms with Gasteiger partial charge in [-0.25, -0.2) is 4.98 Å². The van der Waals surface area contributed by atoms with E-state index in [1.54, 1.807) is 6.20 Å². The minimum absolute atomic E-state index is 0.142. The van der Waals surface area contributed by atoms with Crippen molar-refractivity contribution >= 4 is 0 Å². The van der Waals surface area contributed by atoms with Crippen LogP contribution < -0.4 is 10.5 Å². The number of hydrogen-bond acceptors (Lipinski definition) is 3. The van der Waals surface area contributed by atoms with E-state index in [-0.39, 0.29) is 6.04 Å². The lowest BCUT2D eigenvalue weighted by Gasteiger charge is -2.14. The van der Waals surface area contributed by atoms with Crippen LogP contribution in [0.5, 0.6) is 11.6 Å². The Bertz CT molecular complexity index is 554. The fraction of sp³-hybridized carbons (Fsp3) is 0.353. The molecule has 3 nitrogen and oxygen atoms in total. The first-order valence-corrected chi connectivity index (χ1v) is 7.19. The number of nitrogens with zero attached hydrogens (tertiary/aromatic N) is 1. The highest BCUT2D eigenvalue weighted by Crippen LogP contribution is 2.27. The normalized spacial score (nSPS) is 12.2. The molecule has 0 saturated heterocycles. The van der Waals surface area contributed by atoms with Crippen LogP contribution in [0.4, 0.5) is 0 Å². The Morgan fingerprint density at radius 2 is 1.85 bits per heavy atom. The zero-order valence-corrected chi connectivity index (χ0v) is 12.2. The largest absolute Gasteiger partial charge is 0.438 e. The van der Waals surface area contributed by atoms with E-state index in [0.717, 1.165) is 30.6 Å². The van der Waals surface area contributed by atoms with Gasteiger partial charge in [-0.05, 0) is 37.0 Å². The van der Waals surface area contributed by atoms with Gasteiger partial charge in [-0.1, -0.05) is 38.1 Å². The van der Waals surface area contributed by atoms with Crippen molar-refractivity contribution in [3.8, 4) is 11.6 Å². The Morgan fingerprint density at radius 1 is 1.10 bits per heavy atom. The molecule has 1 aromatic carbocycles. The molecule has 3 heteroatoms. The standard InChI is InChI=1S/C17H22N2O/c1-3-13-8-5-6-10-16(13)20-17-14(9-7-11-19-17)12-15(18)4-2/h5-11,15H,3-4,12,18H2,1-2H3. The fourth-order valence-electron chi connectivity index (χ4n) is 2.10. The van der Waals surface area contributed by atoms with Gasteiger partial charge in [-0.15, -0.1) is 0 Å². The second-order valence-electron chi connectivity index (χ2n) is 4.90. The molecule has 2 rings (SSSR count). The molecule has 1 aromatic heterocycles. The topological polar surface area (TPSA) is 48.1 Å². The molecule has 0 saturated carbocycles. The lowest BCUT2D eigenvalue weighted by molar-refractivity contribution is 0.447. The lowest BCUT2D eigenvalue weighted by Crippen LogP contribution is -2.21. The smallest absolute Gasteiger partial charge is 0.222 e. The van der Waals surface area contributed by atoms with E-state index < -0.39 is 0 Å². The first kappa shape index (κ1) is 14.5. The summed E-state index contributed by atoms with van der Waals surface area (Å²) < 4.78 is 6.01. The van der Waals surface area contributed by atoms with E-state index in [4.69, 9.17) is 10.5 Å². The van der Waals surface area contributed by atoms with Crippen LogP contribution in [0.25, 0.3) is 0 Å². The molecule has 1 atom stereocenters. The molecule has 0 spiro atoms. The number of ether oxygens (including phenoxy) is 1. The maximum Gasteiger partial charge on any atom is 0.222 e. The molecule has 0 radical (unpaired) electrons.